The lowest BCUT2D eigenvalue weighted by molar-refractivity contribution is -0.143. The van der Waals surface area contributed by atoms with Crippen molar-refractivity contribution in [2.75, 3.05) is 19.8 Å². The number of aliphatic hydroxyl groups is 1. The van der Waals surface area contributed by atoms with Crippen LogP contribution in [0.3, 0.4) is 0 Å². The zero-order valence-electron chi connectivity index (χ0n) is 8.02. The lowest BCUT2D eigenvalue weighted by Crippen LogP contribution is -2.39. The number of hydrogen-bond donors (Lipinski definition) is 3. The first kappa shape index (κ1) is 12.9. The Labute approximate surface area is 81.9 Å². The summed E-state index contributed by atoms with van der Waals surface area (Å²) in [4.78, 5) is 21.0. The van der Waals surface area contributed by atoms with Crippen LogP contribution in [0.15, 0.2) is 0 Å². The second-order valence-corrected chi connectivity index (χ2v) is 2.74. The third kappa shape index (κ3) is 6.38. The molecule has 3 N–H and O–H groups in total. The van der Waals surface area contributed by atoms with E-state index in [9.17, 15) is 9.59 Å². The third-order valence-corrected chi connectivity index (χ3v) is 1.54. The highest BCUT2D eigenvalue weighted by Crippen LogP contribution is 1.88. The summed E-state index contributed by atoms with van der Waals surface area (Å²) in [6.45, 7) is 0.882. The molecule has 0 fully saturated rings. The molecule has 0 spiro atoms. The summed E-state index contributed by atoms with van der Waals surface area (Å²) >= 11 is 0. The predicted octanol–water partition coefficient (Wildman–Crippen LogP) is -1.03. The number of nitrogens with one attached hydrogen (secondary N) is 1. The molecule has 0 saturated heterocycles. The average molecular weight is 205 g/mol. The first-order chi connectivity index (χ1) is 6.60. The van der Waals surface area contributed by atoms with E-state index < -0.39 is 18.5 Å². The highest BCUT2D eigenvalue weighted by Gasteiger charge is 2.09. The molecule has 0 heterocycles. The van der Waals surface area contributed by atoms with E-state index in [4.69, 9.17) is 10.2 Å². The summed E-state index contributed by atoms with van der Waals surface area (Å²) in [5, 5.41) is 19.4. The second kappa shape index (κ2) is 7.28. The number of carboxylic acids is 1. The maximum Gasteiger partial charge on any atom is 0.329 e. The molecule has 0 radical (unpaired) electrons. The van der Waals surface area contributed by atoms with E-state index in [2.05, 4.69) is 10.1 Å². The number of carbonyl (C=O) groups is 2. The molecule has 0 aromatic heterocycles. The van der Waals surface area contributed by atoms with Crippen molar-refractivity contribution in [2.24, 2.45) is 0 Å². The molecule has 0 rings (SSSR count). The number of carbonyl (C=O) groups excluding carboxylic acids is 1. The Morgan fingerprint density at radius 3 is 2.50 bits per heavy atom. The van der Waals surface area contributed by atoms with Gasteiger partial charge in [-0.2, -0.15) is 0 Å². The minimum atomic E-state index is -1.12. The number of ether oxygens (including phenoxy) is 1. The van der Waals surface area contributed by atoms with Gasteiger partial charge in [-0.05, 0) is 6.42 Å². The molecule has 0 aromatic carbocycles. The van der Waals surface area contributed by atoms with E-state index in [1.54, 1.807) is 0 Å². The van der Waals surface area contributed by atoms with Crippen molar-refractivity contribution >= 4 is 11.9 Å². The normalized spacial score (nSPS) is 12.1. The van der Waals surface area contributed by atoms with Gasteiger partial charge in [0, 0.05) is 0 Å². The minimum absolute atomic E-state index is 0.138. The first-order valence-corrected chi connectivity index (χ1v) is 4.29. The SMILES string of the molecule is CCC(CO)NC(=O)COCC(=O)O. The highest BCUT2D eigenvalue weighted by molar-refractivity contribution is 5.78. The summed E-state index contributed by atoms with van der Waals surface area (Å²) < 4.78 is 4.55. The van der Waals surface area contributed by atoms with Crippen molar-refractivity contribution in [3.8, 4) is 0 Å². The van der Waals surface area contributed by atoms with Gasteiger partial charge >= 0.3 is 5.97 Å². The van der Waals surface area contributed by atoms with E-state index in [0.717, 1.165) is 0 Å². The number of aliphatic carboxylic acids is 1. The lowest BCUT2D eigenvalue weighted by Gasteiger charge is -2.13. The predicted molar refractivity (Wildman–Crippen MR) is 47.8 cm³/mol. The largest absolute Gasteiger partial charge is 0.480 e. The van der Waals surface area contributed by atoms with Crippen LogP contribution in [0, 0.1) is 0 Å². The molecule has 6 heteroatoms. The molecule has 0 aromatic rings. The van der Waals surface area contributed by atoms with E-state index in [0.29, 0.717) is 6.42 Å². The summed E-state index contributed by atoms with van der Waals surface area (Å²) in [5.41, 5.74) is 0. The van der Waals surface area contributed by atoms with Crippen LogP contribution in [0.5, 0.6) is 0 Å². The molecule has 1 unspecified atom stereocenters. The Hall–Kier alpha value is -1.14. The first-order valence-electron chi connectivity index (χ1n) is 4.29. The molecule has 0 saturated carbocycles. The third-order valence-electron chi connectivity index (χ3n) is 1.54. The van der Waals surface area contributed by atoms with Gasteiger partial charge < -0.3 is 20.3 Å². The van der Waals surface area contributed by atoms with Gasteiger partial charge in [-0.15, -0.1) is 0 Å². The van der Waals surface area contributed by atoms with Crippen LogP contribution in [-0.4, -0.2) is 48.0 Å². The van der Waals surface area contributed by atoms with Crippen LogP contribution in [0.2, 0.25) is 0 Å². The van der Waals surface area contributed by atoms with Gasteiger partial charge in [0.15, 0.2) is 0 Å². The molecule has 14 heavy (non-hydrogen) atoms. The van der Waals surface area contributed by atoms with Crippen LogP contribution in [0.25, 0.3) is 0 Å². The second-order valence-electron chi connectivity index (χ2n) is 2.74. The highest BCUT2D eigenvalue weighted by atomic mass is 16.5. The Morgan fingerprint density at radius 2 is 2.07 bits per heavy atom. The summed E-state index contributed by atoms with van der Waals surface area (Å²) in [6.07, 6.45) is 0.612. The fourth-order valence-corrected chi connectivity index (χ4v) is 0.777. The zero-order valence-corrected chi connectivity index (χ0v) is 8.02. The van der Waals surface area contributed by atoms with Gasteiger partial charge in [0.25, 0.3) is 0 Å². The minimum Gasteiger partial charge on any atom is -0.480 e. The van der Waals surface area contributed by atoms with Crippen molar-refractivity contribution in [2.45, 2.75) is 19.4 Å². The number of amides is 1. The van der Waals surface area contributed by atoms with Gasteiger partial charge in [-0.1, -0.05) is 6.92 Å². The summed E-state index contributed by atoms with van der Waals surface area (Å²) in [7, 11) is 0. The molecular formula is C8H15NO5. The number of aliphatic hydroxyl groups excluding tert-OH is 1. The molecule has 0 aliphatic carbocycles. The molecule has 1 amide bonds. The topological polar surface area (TPSA) is 95.9 Å². The average Bonchev–Trinajstić information content (AvgIpc) is 2.13. The van der Waals surface area contributed by atoms with Crippen LogP contribution in [0.1, 0.15) is 13.3 Å². The smallest absolute Gasteiger partial charge is 0.329 e. The Morgan fingerprint density at radius 1 is 1.43 bits per heavy atom. The maximum absolute atomic E-state index is 11.0. The summed E-state index contributed by atoms with van der Waals surface area (Å²) in [6, 6.07) is -0.295. The van der Waals surface area contributed by atoms with Crippen LogP contribution in [0.4, 0.5) is 0 Å². The number of rotatable bonds is 7. The quantitative estimate of drug-likeness (QED) is 0.494. The summed E-state index contributed by atoms with van der Waals surface area (Å²) in [5.74, 6) is -1.54. The van der Waals surface area contributed by atoms with Crippen LogP contribution >= 0.6 is 0 Å². The molecule has 0 aliphatic heterocycles. The van der Waals surface area contributed by atoms with E-state index >= 15 is 0 Å². The van der Waals surface area contributed by atoms with Gasteiger partial charge in [0.2, 0.25) is 5.91 Å². The van der Waals surface area contributed by atoms with Crippen LogP contribution < -0.4 is 5.32 Å². The molecule has 1 atom stereocenters. The van der Waals surface area contributed by atoms with E-state index in [1.165, 1.54) is 0 Å². The van der Waals surface area contributed by atoms with Crippen LogP contribution in [-0.2, 0) is 14.3 Å². The van der Waals surface area contributed by atoms with Crippen molar-refractivity contribution in [3.63, 3.8) is 0 Å². The van der Waals surface area contributed by atoms with E-state index in [1.807, 2.05) is 6.92 Å². The zero-order chi connectivity index (χ0) is 11.0. The van der Waals surface area contributed by atoms with Gasteiger partial charge in [0.1, 0.15) is 13.2 Å². The fourth-order valence-electron chi connectivity index (χ4n) is 0.777. The molecule has 0 bridgehead atoms. The molecule has 6 nitrogen and oxygen atoms in total. The Kier molecular flexibility index (Phi) is 6.69. The lowest BCUT2D eigenvalue weighted by atomic mass is 10.2. The maximum atomic E-state index is 11.0. The molecule has 0 aliphatic rings. The van der Waals surface area contributed by atoms with E-state index in [-0.39, 0.29) is 19.3 Å². The van der Waals surface area contributed by atoms with Gasteiger partial charge in [0.05, 0.1) is 12.6 Å². The molecule has 82 valence electrons. The molecular weight excluding hydrogens is 190 g/mol. The van der Waals surface area contributed by atoms with Crippen molar-refractivity contribution < 1.29 is 24.5 Å². The monoisotopic (exact) mass is 205 g/mol. The van der Waals surface area contributed by atoms with Crippen molar-refractivity contribution in [1.82, 2.24) is 5.32 Å². The van der Waals surface area contributed by atoms with Crippen molar-refractivity contribution in [3.05, 3.63) is 0 Å². The van der Waals surface area contributed by atoms with Crippen molar-refractivity contribution in [1.29, 1.82) is 0 Å². The Balaban J connectivity index is 3.59. The fraction of sp³-hybridized carbons (Fsp3) is 0.750. The number of hydrogen-bond acceptors (Lipinski definition) is 4. The number of carboxylic acid groups (broad SMARTS) is 1. The Bertz CT molecular complexity index is 190. The van der Waals surface area contributed by atoms with Gasteiger partial charge in [-0.3, -0.25) is 4.79 Å². The standard InChI is InChI=1S/C8H15NO5/c1-2-6(3-10)9-7(11)4-14-5-8(12)13/h6,10H,2-5H2,1H3,(H,9,11)(H,12,13). The van der Waals surface area contributed by atoms with Gasteiger partial charge in [-0.25, -0.2) is 4.79 Å².